The Balaban J connectivity index is 1.74. The van der Waals surface area contributed by atoms with E-state index in [2.05, 4.69) is 9.97 Å². The van der Waals surface area contributed by atoms with Crippen LogP contribution in [0.1, 0.15) is 37.6 Å². The fourth-order valence-corrected chi connectivity index (χ4v) is 4.05. The minimum absolute atomic E-state index is 0.127. The first kappa shape index (κ1) is 20.6. The van der Waals surface area contributed by atoms with Crippen molar-refractivity contribution in [2.75, 3.05) is 5.73 Å². The molecular formula is C20H22F2N4O4. The number of ether oxygens (including phenoxy) is 1. The van der Waals surface area contributed by atoms with Crippen molar-refractivity contribution in [3.63, 3.8) is 0 Å². The molecule has 0 amide bonds. The van der Waals surface area contributed by atoms with Crippen LogP contribution in [0.3, 0.4) is 0 Å². The normalized spacial score (nSPS) is 28.9. The quantitative estimate of drug-likeness (QED) is 0.507. The number of halogens is 2. The Morgan fingerprint density at radius 2 is 2.03 bits per heavy atom. The van der Waals surface area contributed by atoms with Crippen molar-refractivity contribution in [2.24, 2.45) is 0 Å². The third kappa shape index (κ3) is 3.03. The highest BCUT2D eigenvalue weighted by molar-refractivity contribution is 5.86. The topological polar surface area (TPSA) is 127 Å². The van der Waals surface area contributed by atoms with Crippen LogP contribution in [-0.2, 0) is 10.3 Å². The van der Waals surface area contributed by atoms with Crippen LogP contribution < -0.4 is 5.73 Å². The summed E-state index contributed by atoms with van der Waals surface area (Å²) in [5.41, 5.74) is 2.28. The van der Waals surface area contributed by atoms with Crippen molar-refractivity contribution >= 4 is 16.9 Å². The SMILES string of the molecule is C[C@]1(O)[C@@H](O)[C@H](n2ccc3c(N)ncnc32)O[C@@H]1[C@](C)(O)c1cccc(C(F)F)c1. The van der Waals surface area contributed by atoms with Crippen LogP contribution in [0, 0.1) is 0 Å². The van der Waals surface area contributed by atoms with Crippen LogP contribution in [0.2, 0.25) is 0 Å². The molecule has 1 aliphatic rings. The molecule has 0 unspecified atom stereocenters. The van der Waals surface area contributed by atoms with Crippen LogP contribution in [0.25, 0.3) is 11.0 Å². The number of alkyl halides is 2. The van der Waals surface area contributed by atoms with Gasteiger partial charge >= 0.3 is 0 Å². The van der Waals surface area contributed by atoms with E-state index in [1.165, 1.54) is 42.9 Å². The molecule has 0 bridgehead atoms. The van der Waals surface area contributed by atoms with Crippen molar-refractivity contribution in [2.45, 2.75) is 49.9 Å². The summed E-state index contributed by atoms with van der Waals surface area (Å²) in [6.07, 6.45) is -3.79. The first-order valence-corrected chi connectivity index (χ1v) is 9.29. The van der Waals surface area contributed by atoms with E-state index in [9.17, 15) is 24.1 Å². The molecule has 0 aliphatic carbocycles. The second-order valence-corrected chi connectivity index (χ2v) is 7.87. The molecule has 3 aromatic rings. The van der Waals surface area contributed by atoms with Crippen molar-refractivity contribution in [1.29, 1.82) is 0 Å². The number of fused-ring (bicyclic) bond motifs is 1. The second kappa shape index (κ2) is 6.95. The summed E-state index contributed by atoms with van der Waals surface area (Å²) in [6, 6.07) is 6.90. The summed E-state index contributed by atoms with van der Waals surface area (Å²) in [5, 5.41) is 33.6. The first-order valence-electron chi connectivity index (χ1n) is 9.29. The molecule has 3 heterocycles. The zero-order valence-corrected chi connectivity index (χ0v) is 16.3. The third-order valence-electron chi connectivity index (χ3n) is 5.72. The van der Waals surface area contributed by atoms with Gasteiger partial charge in [-0.2, -0.15) is 0 Å². The third-order valence-corrected chi connectivity index (χ3v) is 5.72. The Bertz CT molecular complexity index is 1090. The lowest BCUT2D eigenvalue weighted by atomic mass is 9.79. The Morgan fingerprint density at radius 1 is 1.30 bits per heavy atom. The van der Waals surface area contributed by atoms with Crippen molar-refractivity contribution in [3.05, 3.63) is 54.0 Å². The number of hydrogen-bond donors (Lipinski definition) is 4. The number of aliphatic hydroxyl groups excluding tert-OH is 1. The largest absolute Gasteiger partial charge is 0.385 e. The molecule has 2 aromatic heterocycles. The van der Waals surface area contributed by atoms with E-state index in [4.69, 9.17) is 10.5 Å². The van der Waals surface area contributed by atoms with E-state index >= 15 is 0 Å². The van der Waals surface area contributed by atoms with Crippen molar-refractivity contribution < 1.29 is 28.8 Å². The van der Waals surface area contributed by atoms with Gasteiger partial charge in [-0.1, -0.05) is 18.2 Å². The van der Waals surface area contributed by atoms with Gasteiger partial charge in [-0.25, -0.2) is 18.7 Å². The average Bonchev–Trinajstić information content (AvgIpc) is 3.22. The molecule has 1 aromatic carbocycles. The number of benzene rings is 1. The molecular weight excluding hydrogens is 398 g/mol. The average molecular weight is 420 g/mol. The number of aliphatic hydroxyl groups is 3. The van der Waals surface area contributed by atoms with Crippen molar-refractivity contribution in [1.82, 2.24) is 14.5 Å². The smallest absolute Gasteiger partial charge is 0.263 e. The van der Waals surface area contributed by atoms with Gasteiger partial charge in [-0.3, -0.25) is 0 Å². The van der Waals surface area contributed by atoms with Crippen molar-refractivity contribution in [3.8, 4) is 0 Å². The first-order chi connectivity index (χ1) is 14.0. The van der Waals surface area contributed by atoms with Gasteiger partial charge in [0, 0.05) is 11.8 Å². The summed E-state index contributed by atoms with van der Waals surface area (Å²) in [7, 11) is 0. The molecule has 1 saturated heterocycles. The molecule has 0 saturated carbocycles. The maximum absolute atomic E-state index is 13.1. The van der Waals surface area contributed by atoms with Crippen LogP contribution >= 0.6 is 0 Å². The van der Waals surface area contributed by atoms with E-state index in [0.717, 1.165) is 6.07 Å². The summed E-state index contributed by atoms with van der Waals surface area (Å²) in [6.45, 7) is 2.67. The molecule has 160 valence electrons. The van der Waals surface area contributed by atoms with Gasteiger partial charge < -0.3 is 30.4 Å². The molecule has 0 spiro atoms. The van der Waals surface area contributed by atoms with Gasteiger partial charge in [0.2, 0.25) is 0 Å². The lowest BCUT2D eigenvalue weighted by molar-refractivity contribution is -0.161. The minimum atomic E-state index is -2.72. The molecule has 5 N–H and O–H groups in total. The highest BCUT2D eigenvalue weighted by Gasteiger charge is 2.59. The standard InChI is InChI=1S/C20H22F2N4O4/c1-19(28,11-5-3-4-10(8-11)14(21)22)18-20(2,29)13(27)17(30-18)26-7-6-12-15(23)24-9-25-16(12)26/h3-9,13-14,17-18,27-29H,1-2H3,(H2,23,24,25)/t13-,17+,18+,19+,20-/m0/s1. The molecule has 8 nitrogen and oxygen atoms in total. The van der Waals surface area contributed by atoms with E-state index in [0.29, 0.717) is 11.0 Å². The number of anilines is 1. The molecule has 1 fully saturated rings. The molecule has 10 heteroatoms. The monoisotopic (exact) mass is 420 g/mol. The number of hydrogen-bond acceptors (Lipinski definition) is 7. The van der Waals surface area contributed by atoms with Gasteiger partial charge in [-0.15, -0.1) is 0 Å². The predicted molar refractivity (Wildman–Crippen MR) is 103 cm³/mol. The number of nitrogens with zero attached hydrogens (tertiary/aromatic N) is 3. The minimum Gasteiger partial charge on any atom is -0.385 e. The highest BCUT2D eigenvalue weighted by Crippen LogP contribution is 2.46. The maximum Gasteiger partial charge on any atom is 0.263 e. The highest BCUT2D eigenvalue weighted by atomic mass is 19.3. The van der Waals surface area contributed by atoms with E-state index in [-0.39, 0.29) is 16.9 Å². The van der Waals surface area contributed by atoms with Gasteiger partial charge in [-0.05, 0) is 31.5 Å². The molecule has 1 aliphatic heterocycles. The van der Waals surface area contributed by atoms with Crippen LogP contribution in [-0.4, -0.2) is 47.7 Å². The van der Waals surface area contributed by atoms with E-state index in [1.54, 1.807) is 12.3 Å². The number of nitrogen functional groups attached to an aromatic ring is 1. The van der Waals surface area contributed by atoms with E-state index < -0.39 is 36.1 Å². The molecule has 0 radical (unpaired) electrons. The lowest BCUT2D eigenvalue weighted by Crippen LogP contribution is -2.53. The number of aromatic nitrogens is 3. The predicted octanol–water partition coefficient (Wildman–Crippen LogP) is 1.87. The van der Waals surface area contributed by atoms with E-state index in [1.807, 2.05) is 0 Å². The van der Waals surface area contributed by atoms with Crippen LogP contribution in [0.15, 0.2) is 42.9 Å². The van der Waals surface area contributed by atoms with Crippen LogP contribution in [0.4, 0.5) is 14.6 Å². The van der Waals surface area contributed by atoms with Gasteiger partial charge in [0.1, 0.15) is 41.2 Å². The molecule has 5 atom stereocenters. The fourth-order valence-electron chi connectivity index (χ4n) is 4.05. The Kier molecular flexibility index (Phi) is 4.77. The zero-order valence-electron chi connectivity index (χ0n) is 16.3. The Morgan fingerprint density at radius 3 is 2.73 bits per heavy atom. The number of nitrogens with two attached hydrogens (primary N) is 1. The summed E-state index contributed by atoms with van der Waals surface area (Å²) >= 11 is 0. The van der Waals surface area contributed by atoms with Gasteiger partial charge in [0.15, 0.2) is 6.23 Å². The fraction of sp³-hybridized carbons (Fsp3) is 0.400. The number of rotatable bonds is 4. The van der Waals surface area contributed by atoms with Gasteiger partial charge in [0.25, 0.3) is 6.43 Å². The van der Waals surface area contributed by atoms with Crippen LogP contribution in [0.5, 0.6) is 0 Å². The summed E-state index contributed by atoms with van der Waals surface area (Å²) in [5.74, 6) is 0.241. The maximum atomic E-state index is 13.1. The Labute approximate surface area is 170 Å². The molecule has 4 rings (SSSR count). The van der Waals surface area contributed by atoms with Gasteiger partial charge in [0.05, 0.1) is 5.39 Å². The lowest BCUT2D eigenvalue weighted by Gasteiger charge is -2.37. The summed E-state index contributed by atoms with van der Waals surface area (Å²) in [4.78, 5) is 8.07. The summed E-state index contributed by atoms with van der Waals surface area (Å²) < 4.78 is 33.7. The zero-order chi connectivity index (χ0) is 21.8. The Hall–Kier alpha value is -2.66. The molecule has 30 heavy (non-hydrogen) atoms. The second-order valence-electron chi connectivity index (χ2n) is 7.87.